The van der Waals surface area contributed by atoms with E-state index in [9.17, 15) is 13.2 Å². The molecule has 0 saturated carbocycles. The van der Waals surface area contributed by atoms with Crippen molar-refractivity contribution in [2.24, 2.45) is 0 Å². The van der Waals surface area contributed by atoms with E-state index in [1.54, 1.807) is 18.2 Å². The molecule has 0 radical (unpaired) electrons. The zero-order valence-corrected chi connectivity index (χ0v) is 15.5. The zero-order chi connectivity index (χ0) is 18.9. The highest BCUT2D eigenvalue weighted by Crippen LogP contribution is 2.39. The number of carbonyl (C=O) groups excluding carboxylic acids is 1. The molecule has 1 atom stereocenters. The molecule has 3 rings (SSSR count). The molecule has 138 valence electrons. The molecule has 1 aliphatic heterocycles. The fourth-order valence-electron chi connectivity index (χ4n) is 3.11. The molecule has 2 aromatic rings. The van der Waals surface area contributed by atoms with Gasteiger partial charge in [-0.25, -0.2) is 8.42 Å². The van der Waals surface area contributed by atoms with Gasteiger partial charge in [-0.1, -0.05) is 18.2 Å². The Bertz CT molecular complexity index is 942. The summed E-state index contributed by atoms with van der Waals surface area (Å²) in [5.74, 6) is 0.200. The van der Waals surface area contributed by atoms with Gasteiger partial charge in [0.15, 0.2) is 0 Å². The van der Waals surface area contributed by atoms with E-state index in [1.807, 2.05) is 12.1 Å². The van der Waals surface area contributed by atoms with Gasteiger partial charge < -0.3 is 14.8 Å². The van der Waals surface area contributed by atoms with Crippen molar-refractivity contribution in [3.8, 4) is 11.5 Å². The molecule has 8 heteroatoms. The number of methoxy groups -OCH3 is 2. The Morgan fingerprint density at radius 2 is 1.88 bits per heavy atom. The third-order valence-corrected chi connectivity index (χ3v) is 6.23. The van der Waals surface area contributed by atoms with Crippen molar-refractivity contribution in [1.82, 2.24) is 5.32 Å². The summed E-state index contributed by atoms with van der Waals surface area (Å²) in [6.45, 7) is 0. The van der Waals surface area contributed by atoms with Crippen LogP contribution in [0.1, 0.15) is 5.56 Å². The van der Waals surface area contributed by atoms with Gasteiger partial charge in [0.2, 0.25) is 5.91 Å². The lowest BCUT2D eigenvalue weighted by Crippen LogP contribution is -2.47. The molecule has 1 amide bonds. The molecule has 0 fully saturated rings. The van der Waals surface area contributed by atoms with E-state index < -0.39 is 16.1 Å². The maximum Gasteiger partial charge on any atom is 0.268 e. The number of likely N-dealkylation sites (N-methyl/N-ethyl adjacent to an activating group) is 1. The van der Waals surface area contributed by atoms with Gasteiger partial charge in [-0.05, 0) is 23.8 Å². The van der Waals surface area contributed by atoms with Crippen molar-refractivity contribution in [3.63, 3.8) is 0 Å². The fourth-order valence-corrected chi connectivity index (χ4v) is 4.94. The van der Waals surface area contributed by atoms with Crippen molar-refractivity contribution >= 4 is 21.6 Å². The van der Waals surface area contributed by atoms with Crippen molar-refractivity contribution in [2.75, 3.05) is 25.6 Å². The van der Waals surface area contributed by atoms with E-state index in [-0.39, 0.29) is 16.6 Å². The van der Waals surface area contributed by atoms with E-state index >= 15 is 0 Å². The fraction of sp³-hybridized carbons (Fsp3) is 0.278. The van der Waals surface area contributed by atoms with Crippen LogP contribution in [0.15, 0.2) is 47.4 Å². The number of amides is 1. The Kier molecular flexibility index (Phi) is 4.78. The number of rotatable bonds is 5. The topological polar surface area (TPSA) is 84.9 Å². The minimum atomic E-state index is -4.06. The maximum atomic E-state index is 13.5. The molecule has 1 heterocycles. The molecular weight excluding hydrogens is 356 g/mol. The number of anilines is 1. The second-order valence-corrected chi connectivity index (χ2v) is 7.56. The lowest BCUT2D eigenvalue weighted by molar-refractivity contribution is -0.121. The minimum absolute atomic E-state index is 0.0510. The lowest BCUT2D eigenvalue weighted by atomic mass is 10.1. The van der Waals surface area contributed by atoms with Gasteiger partial charge in [-0.2, -0.15) is 0 Å². The van der Waals surface area contributed by atoms with E-state index in [1.165, 1.54) is 37.7 Å². The zero-order valence-electron chi connectivity index (χ0n) is 14.7. The molecule has 7 nitrogen and oxygen atoms in total. The summed E-state index contributed by atoms with van der Waals surface area (Å²) in [5, 5.41) is 2.55. The maximum absolute atomic E-state index is 13.5. The van der Waals surface area contributed by atoms with E-state index in [0.717, 1.165) is 5.56 Å². The van der Waals surface area contributed by atoms with E-state index in [4.69, 9.17) is 9.47 Å². The number of carbonyl (C=O) groups is 1. The monoisotopic (exact) mass is 376 g/mol. The summed E-state index contributed by atoms with van der Waals surface area (Å²) >= 11 is 0. The van der Waals surface area contributed by atoms with Gasteiger partial charge in [0, 0.05) is 19.5 Å². The Morgan fingerprint density at radius 1 is 1.15 bits per heavy atom. The SMILES string of the molecule is CNC(=O)C1Cc2ccccc2N1S(=O)(=O)c1cc(OC)ccc1OC. The first-order valence-electron chi connectivity index (χ1n) is 8.00. The normalized spacial score (nSPS) is 16.1. The molecule has 26 heavy (non-hydrogen) atoms. The minimum Gasteiger partial charge on any atom is -0.497 e. The molecular formula is C18H20N2O5S. The van der Waals surface area contributed by atoms with Gasteiger partial charge in [0.1, 0.15) is 22.4 Å². The largest absolute Gasteiger partial charge is 0.497 e. The summed E-state index contributed by atoms with van der Waals surface area (Å²) in [7, 11) is 0.277. The quantitative estimate of drug-likeness (QED) is 0.856. The van der Waals surface area contributed by atoms with Crippen molar-refractivity contribution in [3.05, 3.63) is 48.0 Å². The molecule has 0 saturated heterocycles. The Hall–Kier alpha value is -2.74. The molecule has 2 aromatic carbocycles. The van der Waals surface area contributed by atoms with E-state index in [2.05, 4.69) is 5.32 Å². The van der Waals surface area contributed by atoms with Crippen LogP contribution in [0.5, 0.6) is 11.5 Å². The molecule has 1 aliphatic rings. The van der Waals surface area contributed by atoms with Crippen LogP contribution in [0.25, 0.3) is 0 Å². The van der Waals surface area contributed by atoms with Crippen molar-refractivity contribution < 1.29 is 22.7 Å². The van der Waals surface area contributed by atoms with Crippen LogP contribution in [0.4, 0.5) is 5.69 Å². The third kappa shape index (κ3) is 2.86. The first-order valence-corrected chi connectivity index (χ1v) is 9.44. The van der Waals surface area contributed by atoms with Crippen molar-refractivity contribution in [1.29, 1.82) is 0 Å². The first kappa shape index (κ1) is 18.1. The highest BCUT2D eigenvalue weighted by atomic mass is 32.2. The summed E-state index contributed by atoms with van der Waals surface area (Å²) in [6, 6.07) is 10.8. The van der Waals surface area contributed by atoms with Crippen molar-refractivity contribution in [2.45, 2.75) is 17.4 Å². The molecule has 0 bridgehead atoms. The Balaban J connectivity index is 2.20. The van der Waals surface area contributed by atoms with Gasteiger partial charge in [-0.3, -0.25) is 9.10 Å². The molecule has 0 spiro atoms. The highest BCUT2D eigenvalue weighted by molar-refractivity contribution is 7.93. The first-order chi connectivity index (χ1) is 12.4. The number of ether oxygens (including phenoxy) is 2. The van der Waals surface area contributed by atoms with Crippen LogP contribution < -0.4 is 19.1 Å². The number of nitrogens with one attached hydrogen (secondary N) is 1. The van der Waals surface area contributed by atoms with Crippen LogP contribution in [-0.2, 0) is 21.2 Å². The number of nitrogens with zero attached hydrogens (tertiary/aromatic N) is 1. The smallest absolute Gasteiger partial charge is 0.268 e. The lowest BCUT2D eigenvalue weighted by Gasteiger charge is -2.26. The average Bonchev–Trinajstić information content (AvgIpc) is 3.07. The molecule has 0 aromatic heterocycles. The van der Waals surface area contributed by atoms with Gasteiger partial charge >= 0.3 is 0 Å². The summed E-state index contributed by atoms with van der Waals surface area (Å²) < 4.78 is 38.5. The standard InChI is InChI=1S/C18H20N2O5S/c1-19-18(21)15-10-12-6-4-5-7-14(12)20(15)26(22,23)17-11-13(24-2)8-9-16(17)25-3/h4-9,11,15H,10H2,1-3H3,(H,19,21). The highest BCUT2D eigenvalue weighted by Gasteiger charge is 2.43. The number of para-hydroxylation sites is 1. The summed E-state index contributed by atoms with van der Waals surface area (Å²) in [6.07, 6.45) is 0.307. The number of hydrogen-bond acceptors (Lipinski definition) is 5. The van der Waals surface area contributed by atoms with Gasteiger partial charge in [-0.15, -0.1) is 0 Å². The van der Waals surface area contributed by atoms with Crippen LogP contribution >= 0.6 is 0 Å². The Morgan fingerprint density at radius 3 is 2.54 bits per heavy atom. The van der Waals surface area contributed by atoms with Crippen LogP contribution in [0, 0.1) is 0 Å². The molecule has 1 unspecified atom stereocenters. The van der Waals surface area contributed by atoms with Crippen LogP contribution in [-0.4, -0.2) is 41.6 Å². The Labute approximate surface area is 152 Å². The van der Waals surface area contributed by atoms with Gasteiger partial charge in [0.05, 0.1) is 19.9 Å². The number of sulfonamides is 1. The molecule has 0 aliphatic carbocycles. The van der Waals surface area contributed by atoms with E-state index in [0.29, 0.717) is 17.9 Å². The predicted molar refractivity (Wildman–Crippen MR) is 97.2 cm³/mol. The number of hydrogen-bond donors (Lipinski definition) is 1. The number of fused-ring (bicyclic) bond motifs is 1. The summed E-state index contributed by atoms with van der Waals surface area (Å²) in [4.78, 5) is 12.3. The van der Waals surface area contributed by atoms with Crippen LogP contribution in [0.3, 0.4) is 0 Å². The second kappa shape index (κ2) is 6.87. The summed E-state index contributed by atoms with van der Waals surface area (Å²) in [5.41, 5.74) is 1.29. The average molecular weight is 376 g/mol. The predicted octanol–water partition coefficient (Wildman–Crippen LogP) is 1.57. The number of benzene rings is 2. The van der Waals surface area contributed by atoms with Gasteiger partial charge in [0.25, 0.3) is 10.0 Å². The molecule has 1 N–H and O–H groups in total. The van der Waals surface area contributed by atoms with Crippen LogP contribution in [0.2, 0.25) is 0 Å². The third-order valence-electron chi connectivity index (χ3n) is 4.38. The second-order valence-electron chi connectivity index (χ2n) is 5.78.